The quantitative estimate of drug-likeness (QED) is 0.452. The van der Waals surface area contributed by atoms with Gasteiger partial charge in [-0.2, -0.15) is 0 Å². The molecule has 5 nitrogen and oxygen atoms in total. The number of fused-ring (bicyclic) bond motifs is 1. The standard InChI is InChI=1S/C25H31N3O2.2ClH/c1-28(14-3-4-19-5-7-20(18-26)8-6-19)15-13-27-25(29)23-10-9-22-17-24(30-2)12-11-21(22)16-23;;/h5-12,16-17H,3-4,13-15,18,26H2,1-2H3,(H,27,29);2*1H. The van der Waals surface area contributed by atoms with Crippen molar-refractivity contribution in [1.82, 2.24) is 10.2 Å². The highest BCUT2D eigenvalue weighted by Crippen LogP contribution is 2.21. The second-order valence-electron chi connectivity index (χ2n) is 7.61. The molecule has 3 rings (SSSR count). The molecule has 7 heteroatoms. The van der Waals surface area contributed by atoms with Crippen molar-refractivity contribution in [3.05, 3.63) is 77.4 Å². The Kier molecular flexibility index (Phi) is 12.1. The zero-order chi connectivity index (χ0) is 21.3. The van der Waals surface area contributed by atoms with E-state index < -0.39 is 0 Å². The average molecular weight is 478 g/mol. The van der Waals surface area contributed by atoms with Gasteiger partial charge in [0.05, 0.1) is 7.11 Å². The van der Waals surface area contributed by atoms with Gasteiger partial charge in [0.15, 0.2) is 0 Å². The first-order chi connectivity index (χ1) is 14.6. The fraction of sp³-hybridized carbons (Fsp3) is 0.320. The van der Waals surface area contributed by atoms with Crippen molar-refractivity contribution in [2.75, 3.05) is 33.8 Å². The second kappa shape index (κ2) is 14.0. The summed E-state index contributed by atoms with van der Waals surface area (Å²) in [6, 6.07) is 20.1. The first-order valence-corrected chi connectivity index (χ1v) is 10.4. The van der Waals surface area contributed by atoms with Crippen LogP contribution in [0.4, 0.5) is 0 Å². The molecule has 0 unspecified atom stereocenters. The molecule has 0 fully saturated rings. The monoisotopic (exact) mass is 477 g/mol. The van der Waals surface area contributed by atoms with E-state index >= 15 is 0 Å². The zero-order valence-electron chi connectivity index (χ0n) is 18.7. The summed E-state index contributed by atoms with van der Waals surface area (Å²) in [5.41, 5.74) is 8.82. The summed E-state index contributed by atoms with van der Waals surface area (Å²) in [6.45, 7) is 3.03. The molecule has 0 bridgehead atoms. The van der Waals surface area contributed by atoms with Crippen molar-refractivity contribution in [3.8, 4) is 5.75 Å². The summed E-state index contributed by atoms with van der Waals surface area (Å²) in [6.07, 6.45) is 2.13. The van der Waals surface area contributed by atoms with Gasteiger partial charge < -0.3 is 20.7 Å². The number of hydrogen-bond donors (Lipinski definition) is 2. The summed E-state index contributed by atoms with van der Waals surface area (Å²) in [5.74, 6) is 0.774. The van der Waals surface area contributed by atoms with Gasteiger partial charge in [0.2, 0.25) is 0 Å². The molecule has 0 spiro atoms. The minimum absolute atomic E-state index is 0. The molecule has 32 heavy (non-hydrogen) atoms. The first-order valence-electron chi connectivity index (χ1n) is 10.4. The normalized spacial score (nSPS) is 10.4. The Hall–Kier alpha value is -2.31. The molecule has 0 radical (unpaired) electrons. The van der Waals surface area contributed by atoms with E-state index in [9.17, 15) is 4.79 Å². The largest absolute Gasteiger partial charge is 0.497 e. The molecule has 1 amide bonds. The van der Waals surface area contributed by atoms with Crippen LogP contribution in [0.1, 0.15) is 27.9 Å². The van der Waals surface area contributed by atoms with Crippen molar-refractivity contribution in [1.29, 1.82) is 0 Å². The van der Waals surface area contributed by atoms with Crippen LogP contribution in [0.5, 0.6) is 5.75 Å². The lowest BCUT2D eigenvalue weighted by atomic mass is 10.1. The number of carbonyl (C=O) groups excluding carboxylic acids is 1. The van der Waals surface area contributed by atoms with Crippen molar-refractivity contribution >= 4 is 41.5 Å². The number of rotatable bonds is 10. The molecule has 0 atom stereocenters. The van der Waals surface area contributed by atoms with Crippen LogP contribution in [0.15, 0.2) is 60.7 Å². The van der Waals surface area contributed by atoms with E-state index in [0.717, 1.165) is 48.0 Å². The van der Waals surface area contributed by atoms with Crippen LogP contribution >= 0.6 is 24.8 Å². The number of nitrogens with zero attached hydrogens (tertiary/aromatic N) is 1. The number of likely N-dealkylation sites (N-methyl/N-ethyl adjacent to an activating group) is 1. The molecule has 0 heterocycles. The van der Waals surface area contributed by atoms with Crippen LogP contribution in [0.25, 0.3) is 10.8 Å². The number of hydrogen-bond acceptors (Lipinski definition) is 4. The summed E-state index contributed by atoms with van der Waals surface area (Å²) < 4.78 is 5.25. The molecule has 174 valence electrons. The van der Waals surface area contributed by atoms with Crippen molar-refractivity contribution in [3.63, 3.8) is 0 Å². The lowest BCUT2D eigenvalue weighted by Crippen LogP contribution is -2.33. The molecule has 0 saturated carbocycles. The fourth-order valence-corrected chi connectivity index (χ4v) is 3.46. The first kappa shape index (κ1) is 27.7. The Bertz CT molecular complexity index is 981. The van der Waals surface area contributed by atoms with E-state index in [1.807, 2.05) is 36.4 Å². The van der Waals surface area contributed by atoms with Gasteiger partial charge in [-0.05, 0) is 72.6 Å². The number of methoxy groups -OCH3 is 1. The third-order valence-electron chi connectivity index (χ3n) is 5.35. The Balaban J connectivity index is 0.00000256. The molecular weight excluding hydrogens is 445 g/mol. The molecule has 0 aliphatic rings. The number of ether oxygens (including phenoxy) is 1. The maximum Gasteiger partial charge on any atom is 0.251 e. The SMILES string of the molecule is COc1ccc2cc(C(=O)NCCN(C)CCCc3ccc(CN)cc3)ccc2c1.Cl.Cl. The molecule has 3 N–H and O–H groups in total. The smallest absolute Gasteiger partial charge is 0.251 e. The van der Waals surface area contributed by atoms with Gasteiger partial charge in [0, 0.05) is 25.2 Å². The van der Waals surface area contributed by atoms with Gasteiger partial charge in [-0.15, -0.1) is 24.8 Å². The third kappa shape index (κ3) is 7.99. The molecule has 0 aliphatic heterocycles. The zero-order valence-corrected chi connectivity index (χ0v) is 20.3. The van der Waals surface area contributed by atoms with Gasteiger partial charge in [-0.1, -0.05) is 36.4 Å². The maximum atomic E-state index is 12.5. The van der Waals surface area contributed by atoms with Gasteiger partial charge in [-0.25, -0.2) is 0 Å². The molecule has 3 aromatic carbocycles. The Morgan fingerprint density at radius 3 is 2.28 bits per heavy atom. The number of nitrogens with one attached hydrogen (secondary N) is 1. The average Bonchev–Trinajstić information content (AvgIpc) is 2.78. The number of carbonyl (C=O) groups is 1. The lowest BCUT2D eigenvalue weighted by molar-refractivity contribution is 0.0950. The Morgan fingerprint density at radius 1 is 0.938 bits per heavy atom. The number of aryl methyl sites for hydroxylation is 1. The Labute approximate surface area is 203 Å². The van der Waals surface area contributed by atoms with Gasteiger partial charge in [-0.3, -0.25) is 4.79 Å². The maximum absolute atomic E-state index is 12.5. The van der Waals surface area contributed by atoms with Crippen LogP contribution in [0.3, 0.4) is 0 Å². The van der Waals surface area contributed by atoms with Crippen molar-refractivity contribution < 1.29 is 9.53 Å². The molecule has 0 aliphatic carbocycles. The summed E-state index contributed by atoms with van der Waals surface area (Å²) >= 11 is 0. The predicted octanol–water partition coefficient (Wildman–Crippen LogP) is 4.45. The Morgan fingerprint density at radius 2 is 1.59 bits per heavy atom. The van der Waals surface area contributed by atoms with E-state index in [0.29, 0.717) is 18.7 Å². The van der Waals surface area contributed by atoms with Crippen LogP contribution in [0.2, 0.25) is 0 Å². The van der Waals surface area contributed by atoms with Crippen LogP contribution in [-0.2, 0) is 13.0 Å². The van der Waals surface area contributed by atoms with Crippen molar-refractivity contribution in [2.24, 2.45) is 5.73 Å². The highest BCUT2D eigenvalue weighted by Gasteiger charge is 2.07. The predicted molar refractivity (Wildman–Crippen MR) is 137 cm³/mol. The van der Waals surface area contributed by atoms with Gasteiger partial charge in [0.25, 0.3) is 5.91 Å². The number of halogens is 2. The van der Waals surface area contributed by atoms with Gasteiger partial charge >= 0.3 is 0 Å². The van der Waals surface area contributed by atoms with E-state index in [1.54, 1.807) is 7.11 Å². The molecular formula is C25H33Cl2N3O2. The summed E-state index contributed by atoms with van der Waals surface area (Å²) in [7, 11) is 3.74. The summed E-state index contributed by atoms with van der Waals surface area (Å²) in [4.78, 5) is 14.7. The van der Waals surface area contributed by atoms with E-state index in [1.165, 1.54) is 5.56 Å². The number of nitrogens with two attached hydrogens (primary N) is 1. The molecule has 3 aromatic rings. The summed E-state index contributed by atoms with van der Waals surface area (Å²) in [5, 5.41) is 5.11. The van der Waals surface area contributed by atoms with E-state index in [-0.39, 0.29) is 30.7 Å². The van der Waals surface area contributed by atoms with Crippen LogP contribution < -0.4 is 15.8 Å². The third-order valence-corrected chi connectivity index (χ3v) is 5.35. The minimum atomic E-state index is -0.0406. The minimum Gasteiger partial charge on any atom is -0.497 e. The fourth-order valence-electron chi connectivity index (χ4n) is 3.46. The van der Waals surface area contributed by atoms with Gasteiger partial charge in [0.1, 0.15) is 5.75 Å². The number of amides is 1. The van der Waals surface area contributed by atoms with Crippen LogP contribution in [0, 0.1) is 0 Å². The topological polar surface area (TPSA) is 67.6 Å². The van der Waals surface area contributed by atoms with E-state index in [4.69, 9.17) is 10.5 Å². The lowest BCUT2D eigenvalue weighted by Gasteiger charge is -2.17. The van der Waals surface area contributed by atoms with E-state index in [2.05, 4.69) is 41.5 Å². The molecule has 0 saturated heterocycles. The highest BCUT2D eigenvalue weighted by molar-refractivity contribution is 5.98. The highest BCUT2D eigenvalue weighted by atomic mass is 35.5. The van der Waals surface area contributed by atoms with Crippen molar-refractivity contribution in [2.45, 2.75) is 19.4 Å². The number of benzene rings is 3. The second-order valence-corrected chi connectivity index (χ2v) is 7.61. The van der Waals surface area contributed by atoms with Crippen LogP contribution in [-0.4, -0.2) is 44.6 Å². The molecule has 0 aromatic heterocycles.